The molecule has 0 saturated carbocycles. The Labute approximate surface area is 93.4 Å². The normalized spacial score (nSPS) is 10.1. The fourth-order valence-electron chi connectivity index (χ4n) is 0.751. The van der Waals surface area contributed by atoms with Crippen molar-refractivity contribution in [3.05, 3.63) is 26.2 Å². The van der Waals surface area contributed by atoms with Gasteiger partial charge in [0.15, 0.2) is 0 Å². The first-order valence-corrected chi connectivity index (χ1v) is 6.18. The van der Waals surface area contributed by atoms with E-state index in [2.05, 4.69) is 63.6 Å². The molecule has 11 heavy (non-hydrogen) atoms. The zero-order valence-electron chi connectivity index (χ0n) is 6.10. The van der Waals surface area contributed by atoms with Crippen LogP contribution in [0.15, 0.2) is 27.6 Å². The Morgan fingerprint density at radius 1 is 1.55 bits per heavy atom. The summed E-state index contributed by atoms with van der Waals surface area (Å²) in [6.45, 7) is 2.16. The van der Waals surface area contributed by atoms with Crippen LogP contribution < -0.4 is 0 Å². The lowest BCUT2D eigenvalue weighted by atomic mass is 10.4. The molecule has 0 aliphatic rings. The highest BCUT2D eigenvalue weighted by Gasteiger charge is 2.01. The van der Waals surface area contributed by atoms with Crippen LogP contribution in [0.25, 0.3) is 0 Å². The maximum atomic E-state index is 3.55. The van der Waals surface area contributed by atoms with Crippen LogP contribution in [-0.4, -0.2) is 5.75 Å². The summed E-state index contributed by atoms with van der Waals surface area (Å²) in [6, 6.07) is 6.33. The van der Waals surface area contributed by atoms with E-state index in [1.54, 1.807) is 0 Å². The zero-order chi connectivity index (χ0) is 8.27. The summed E-state index contributed by atoms with van der Waals surface area (Å²) in [5.41, 5.74) is 0. The van der Waals surface area contributed by atoms with Gasteiger partial charge in [-0.25, -0.2) is 0 Å². The highest BCUT2D eigenvalue weighted by Crippen LogP contribution is 2.30. The van der Waals surface area contributed by atoms with Gasteiger partial charge in [-0.3, -0.25) is 0 Å². The Morgan fingerprint density at radius 3 is 2.91 bits per heavy atom. The molecule has 0 amide bonds. The molecule has 0 bridgehead atoms. The first-order valence-electron chi connectivity index (χ1n) is 3.32. The SMILES string of the molecule is CCSc1cccc(I)c1Br. The van der Waals surface area contributed by atoms with Crippen molar-refractivity contribution >= 4 is 50.3 Å². The Morgan fingerprint density at radius 2 is 2.27 bits per heavy atom. The van der Waals surface area contributed by atoms with E-state index in [0.717, 1.165) is 5.75 Å². The summed E-state index contributed by atoms with van der Waals surface area (Å²) in [6.07, 6.45) is 0. The van der Waals surface area contributed by atoms with Crippen LogP contribution in [0.2, 0.25) is 0 Å². The predicted octanol–water partition coefficient (Wildman–Crippen LogP) is 4.17. The molecule has 3 heteroatoms. The second kappa shape index (κ2) is 4.72. The number of hydrogen-bond donors (Lipinski definition) is 0. The fraction of sp³-hybridized carbons (Fsp3) is 0.250. The standard InChI is InChI=1S/C8H8BrIS/c1-2-11-7-5-3-4-6(10)8(7)9/h3-5H,2H2,1H3. The molecule has 0 N–H and O–H groups in total. The number of benzene rings is 1. The minimum absolute atomic E-state index is 1.12. The molecule has 0 unspecified atom stereocenters. The molecule has 1 aromatic carbocycles. The third-order valence-corrected chi connectivity index (χ3v) is 4.91. The van der Waals surface area contributed by atoms with Gasteiger partial charge in [-0.05, 0) is 56.4 Å². The van der Waals surface area contributed by atoms with Crippen LogP contribution in [0, 0.1) is 3.57 Å². The van der Waals surface area contributed by atoms with Crippen LogP contribution >= 0.6 is 50.3 Å². The maximum absolute atomic E-state index is 3.55. The van der Waals surface area contributed by atoms with Gasteiger partial charge in [-0.15, -0.1) is 11.8 Å². The molecule has 0 atom stereocenters. The molecule has 0 spiro atoms. The zero-order valence-corrected chi connectivity index (χ0v) is 10.7. The van der Waals surface area contributed by atoms with Crippen molar-refractivity contribution in [1.82, 2.24) is 0 Å². The molecule has 0 aromatic heterocycles. The number of hydrogen-bond acceptors (Lipinski definition) is 1. The van der Waals surface area contributed by atoms with Crippen LogP contribution in [-0.2, 0) is 0 Å². The van der Waals surface area contributed by atoms with Gasteiger partial charge < -0.3 is 0 Å². The topological polar surface area (TPSA) is 0 Å². The molecule has 0 aliphatic heterocycles. The molecule has 0 nitrogen and oxygen atoms in total. The van der Waals surface area contributed by atoms with E-state index in [4.69, 9.17) is 0 Å². The van der Waals surface area contributed by atoms with Crippen molar-refractivity contribution in [3.8, 4) is 0 Å². The molecule has 0 radical (unpaired) electrons. The molecule has 1 rings (SSSR count). The monoisotopic (exact) mass is 342 g/mol. The molecule has 0 heterocycles. The van der Waals surface area contributed by atoms with Crippen molar-refractivity contribution in [2.75, 3.05) is 5.75 Å². The molecule has 0 saturated heterocycles. The van der Waals surface area contributed by atoms with E-state index in [-0.39, 0.29) is 0 Å². The minimum atomic E-state index is 1.12. The Balaban J connectivity index is 2.96. The summed E-state index contributed by atoms with van der Waals surface area (Å²) in [5.74, 6) is 1.12. The van der Waals surface area contributed by atoms with Gasteiger partial charge in [0.25, 0.3) is 0 Å². The number of thioether (sulfide) groups is 1. The van der Waals surface area contributed by atoms with Gasteiger partial charge in [0, 0.05) is 12.9 Å². The number of rotatable bonds is 2. The van der Waals surface area contributed by atoms with E-state index in [0.29, 0.717) is 0 Å². The van der Waals surface area contributed by atoms with Gasteiger partial charge in [0.05, 0.1) is 0 Å². The van der Waals surface area contributed by atoms with Crippen molar-refractivity contribution in [2.24, 2.45) is 0 Å². The Kier molecular flexibility index (Phi) is 4.23. The molecule has 0 fully saturated rings. The van der Waals surface area contributed by atoms with Gasteiger partial charge in [-0.2, -0.15) is 0 Å². The van der Waals surface area contributed by atoms with Crippen molar-refractivity contribution in [1.29, 1.82) is 0 Å². The van der Waals surface area contributed by atoms with Gasteiger partial charge in [0.1, 0.15) is 0 Å². The van der Waals surface area contributed by atoms with Crippen molar-refractivity contribution in [2.45, 2.75) is 11.8 Å². The third kappa shape index (κ3) is 2.63. The largest absolute Gasteiger partial charge is 0.125 e. The first-order chi connectivity index (χ1) is 5.25. The Bertz CT molecular complexity index is 250. The predicted molar refractivity (Wildman–Crippen MR) is 63.3 cm³/mol. The van der Waals surface area contributed by atoms with E-state index in [9.17, 15) is 0 Å². The molecular weight excluding hydrogens is 335 g/mol. The average Bonchev–Trinajstić information content (AvgIpc) is 1.99. The van der Waals surface area contributed by atoms with Crippen LogP contribution in [0.1, 0.15) is 6.92 Å². The Hall–Kier alpha value is 0.780. The van der Waals surface area contributed by atoms with Crippen molar-refractivity contribution < 1.29 is 0 Å². The lowest BCUT2D eigenvalue weighted by Crippen LogP contribution is -1.79. The second-order valence-corrected chi connectivity index (χ2v) is 5.25. The lowest BCUT2D eigenvalue weighted by molar-refractivity contribution is 1.36. The highest BCUT2D eigenvalue weighted by atomic mass is 127. The summed E-state index contributed by atoms with van der Waals surface area (Å²) in [5, 5.41) is 0. The van der Waals surface area contributed by atoms with E-state index in [1.807, 2.05) is 11.8 Å². The highest BCUT2D eigenvalue weighted by molar-refractivity contribution is 14.1. The van der Waals surface area contributed by atoms with Crippen LogP contribution in [0.5, 0.6) is 0 Å². The van der Waals surface area contributed by atoms with Crippen LogP contribution in [0.3, 0.4) is 0 Å². The fourth-order valence-corrected chi connectivity index (χ4v) is 2.76. The second-order valence-electron chi connectivity index (χ2n) is 1.98. The molecule has 60 valence electrons. The third-order valence-electron chi connectivity index (χ3n) is 1.22. The average molecular weight is 343 g/mol. The van der Waals surface area contributed by atoms with Gasteiger partial charge in [-0.1, -0.05) is 13.0 Å². The summed E-state index contributed by atoms with van der Waals surface area (Å²) >= 11 is 7.75. The van der Waals surface area contributed by atoms with Crippen molar-refractivity contribution in [3.63, 3.8) is 0 Å². The van der Waals surface area contributed by atoms with Gasteiger partial charge >= 0.3 is 0 Å². The molecule has 0 aliphatic carbocycles. The summed E-state index contributed by atoms with van der Waals surface area (Å²) < 4.78 is 2.51. The van der Waals surface area contributed by atoms with E-state index >= 15 is 0 Å². The number of halogens is 2. The summed E-state index contributed by atoms with van der Waals surface area (Å²) in [4.78, 5) is 1.33. The van der Waals surface area contributed by atoms with E-state index < -0.39 is 0 Å². The maximum Gasteiger partial charge on any atom is 0.0444 e. The lowest BCUT2D eigenvalue weighted by Gasteiger charge is -2.02. The quantitative estimate of drug-likeness (QED) is 0.574. The molecular formula is C8H8BrIS. The van der Waals surface area contributed by atoms with Crippen LogP contribution in [0.4, 0.5) is 0 Å². The van der Waals surface area contributed by atoms with E-state index in [1.165, 1.54) is 12.9 Å². The minimum Gasteiger partial charge on any atom is -0.125 e. The van der Waals surface area contributed by atoms with Gasteiger partial charge in [0.2, 0.25) is 0 Å². The summed E-state index contributed by atoms with van der Waals surface area (Å²) in [7, 11) is 0. The molecule has 1 aromatic rings. The first kappa shape index (κ1) is 9.86. The smallest absolute Gasteiger partial charge is 0.0444 e.